The Morgan fingerprint density at radius 2 is 1.24 bits per heavy atom. The summed E-state index contributed by atoms with van der Waals surface area (Å²) in [6.45, 7) is 9.13. The Hall–Kier alpha value is -2.61. The van der Waals surface area contributed by atoms with Crippen LogP contribution in [-0.2, 0) is 25.7 Å². The summed E-state index contributed by atoms with van der Waals surface area (Å²) >= 11 is 0. The van der Waals surface area contributed by atoms with Crippen molar-refractivity contribution < 1.29 is 0 Å². The van der Waals surface area contributed by atoms with E-state index in [1.165, 1.54) is 28.1 Å². The molecule has 29 heavy (non-hydrogen) atoms. The number of nitrogens with zero attached hydrogens (tertiary/aromatic N) is 2. The number of benzene rings is 2. The van der Waals surface area contributed by atoms with Crippen LogP contribution in [0, 0.1) is 0 Å². The Kier molecular flexibility index (Phi) is 7.46. The third kappa shape index (κ3) is 4.53. The highest BCUT2D eigenvalue weighted by atomic mass is 15.0. The van der Waals surface area contributed by atoms with E-state index >= 15 is 0 Å². The highest BCUT2D eigenvalue weighted by Gasteiger charge is 2.19. The summed E-state index contributed by atoms with van der Waals surface area (Å²) in [4.78, 5) is 5.23. The zero-order valence-electron chi connectivity index (χ0n) is 18.4. The highest BCUT2D eigenvalue weighted by Crippen LogP contribution is 2.24. The van der Waals surface area contributed by atoms with Crippen LogP contribution in [0.2, 0.25) is 0 Å². The van der Waals surface area contributed by atoms with Crippen molar-refractivity contribution in [1.82, 2.24) is 4.57 Å². The van der Waals surface area contributed by atoms with Crippen LogP contribution in [0.1, 0.15) is 62.9 Å². The van der Waals surface area contributed by atoms with E-state index in [-0.39, 0.29) is 0 Å². The molecule has 2 heteroatoms. The molecule has 0 radical (unpaired) electrons. The fourth-order valence-corrected chi connectivity index (χ4v) is 4.34. The van der Waals surface area contributed by atoms with Crippen molar-refractivity contribution in [3.05, 3.63) is 88.5 Å². The molecule has 3 rings (SSSR count). The molecule has 2 nitrogen and oxygen atoms in total. The van der Waals surface area contributed by atoms with Gasteiger partial charge in [-0.15, -0.1) is 0 Å². The van der Waals surface area contributed by atoms with Gasteiger partial charge in [0.1, 0.15) is 5.49 Å². The molecule has 0 aliphatic heterocycles. The molecule has 2 aromatic carbocycles. The van der Waals surface area contributed by atoms with E-state index in [9.17, 15) is 0 Å². The number of hydrogen-bond acceptors (Lipinski definition) is 1. The lowest BCUT2D eigenvalue weighted by Gasteiger charge is -2.24. The molecule has 0 amide bonds. The fourth-order valence-electron chi connectivity index (χ4n) is 4.34. The Morgan fingerprint density at radius 1 is 0.655 bits per heavy atom. The molecule has 0 aliphatic rings. The first-order valence-electron chi connectivity index (χ1n) is 11.2. The van der Waals surface area contributed by atoms with Gasteiger partial charge in [-0.2, -0.15) is 0 Å². The second-order valence-corrected chi connectivity index (χ2v) is 7.53. The van der Waals surface area contributed by atoms with Gasteiger partial charge < -0.3 is 0 Å². The van der Waals surface area contributed by atoms with Crippen molar-refractivity contribution in [1.29, 1.82) is 0 Å². The molecule has 0 unspecified atom stereocenters. The van der Waals surface area contributed by atoms with E-state index in [2.05, 4.69) is 92.9 Å². The van der Waals surface area contributed by atoms with Crippen LogP contribution >= 0.6 is 0 Å². The molecule has 0 atom stereocenters. The van der Waals surface area contributed by atoms with Crippen LogP contribution in [0.15, 0.2) is 65.7 Å². The largest absolute Gasteiger partial charge is 0.298 e. The first-order valence-corrected chi connectivity index (χ1v) is 11.2. The lowest BCUT2D eigenvalue weighted by atomic mass is 9.91. The molecule has 0 aliphatic carbocycles. The normalized spacial score (nSPS) is 11.8. The third-order valence-corrected chi connectivity index (χ3v) is 5.52. The summed E-state index contributed by atoms with van der Waals surface area (Å²) < 4.78 is 2.43. The average Bonchev–Trinajstić information content (AvgIpc) is 2.77. The number of rotatable bonds is 8. The van der Waals surface area contributed by atoms with Crippen LogP contribution in [0.25, 0.3) is 5.69 Å². The van der Waals surface area contributed by atoms with Crippen LogP contribution in [-0.4, -0.2) is 4.57 Å². The Labute approximate surface area is 176 Å². The molecule has 1 heterocycles. The number of hydrogen-bond donors (Lipinski definition) is 0. The highest BCUT2D eigenvalue weighted by molar-refractivity contribution is 5.46. The van der Waals surface area contributed by atoms with E-state index in [0.29, 0.717) is 0 Å². The van der Waals surface area contributed by atoms with Crippen molar-refractivity contribution >= 4 is 5.69 Å². The summed E-state index contributed by atoms with van der Waals surface area (Å²) in [5, 5.41) is 0. The first-order chi connectivity index (χ1) is 14.2. The smallest absolute Gasteiger partial charge is 0.141 e. The second kappa shape index (κ2) is 10.2. The minimum atomic E-state index is 0.999. The van der Waals surface area contributed by atoms with Gasteiger partial charge in [-0.1, -0.05) is 76.9 Å². The van der Waals surface area contributed by atoms with Gasteiger partial charge in [-0.25, -0.2) is 4.99 Å². The maximum atomic E-state index is 5.23. The lowest BCUT2D eigenvalue weighted by Crippen LogP contribution is -2.30. The van der Waals surface area contributed by atoms with Gasteiger partial charge in [-0.05, 0) is 66.6 Å². The van der Waals surface area contributed by atoms with Crippen LogP contribution < -0.4 is 5.49 Å². The molecule has 0 N–H and O–H groups in total. The minimum absolute atomic E-state index is 0.999. The van der Waals surface area contributed by atoms with E-state index in [4.69, 9.17) is 4.99 Å². The van der Waals surface area contributed by atoms with Gasteiger partial charge in [0.2, 0.25) is 0 Å². The van der Waals surface area contributed by atoms with Crippen molar-refractivity contribution in [3.63, 3.8) is 0 Å². The van der Waals surface area contributed by atoms with Crippen molar-refractivity contribution in [3.8, 4) is 5.69 Å². The molecule has 0 saturated heterocycles. The summed E-state index contributed by atoms with van der Waals surface area (Å²) in [6, 6.07) is 21.1. The fraction of sp³-hybridized carbons (Fsp3) is 0.370. The zero-order chi connectivity index (χ0) is 20.6. The summed E-state index contributed by atoms with van der Waals surface area (Å²) in [5.74, 6) is 0. The van der Waals surface area contributed by atoms with E-state index in [0.717, 1.165) is 49.7 Å². The predicted molar refractivity (Wildman–Crippen MR) is 124 cm³/mol. The van der Waals surface area contributed by atoms with Crippen LogP contribution in [0.3, 0.4) is 0 Å². The average molecular weight is 387 g/mol. The van der Waals surface area contributed by atoms with Crippen molar-refractivity contribution in [2.75, 3.05) is 0 Å². The van der Waals surface area contributed by atoms with Crippen molar-refractivity contribution in [2.24, 2.45) is 4.99 Å². The van der Waals surface area contributed by atoms with E-state index in [1.54, 1.807) is 0 Å². The van der Waals surface area contributed by atoms with Gasteiger partial charge >= 0.3 is 0 Å². The molecule has 1 aromatic heterocycles. The second-order valence-electron chi connectivity index (χ2n) is 7.53. The van der Waals surface area contributed by atoms with Gasteiger partial charge in [0.15, 0.2) is 0 Å². The van der Waals surface area contributed by atoms with Gasteiger partial charge in [-0.3, -0.25) is 4.57 Å². The van der Waals surface area contributed by atoms with Gasteiger partial charge in [0.25, 0.3) is 0 Å². The maximum absolute atomic E-state index is 5.23. The number of aromatic nitrogens is 1. The summed E-state index contributed by atoms with van der Waals surface area (Å²) in [7, 11) is 0. The minimum Gasteiger partial charge on any atom is -0.298 e. The monoisotopic (exact) mass is 386 g/mol. The van der Waals surface area contributed by atoms with Gasteiger partial charge in [0, 0.05) is 11.4 Å². The van der Waals surface area contributed by atoms with E-state index in [1.807, 2.05) is 0 Å². The van der Waals surface area contributed by atoms with Crippen LogP contribution in [0.4, 0.5) is 5.69 Å². The Bertz CT molecular complexity index is 983. The standard InChI is InChI=1S/C27H34N2/c1-5-15-24-23(7-3)26(8-4)29(22-19-13-10-14-20-22)27(25(24)16-6-2)28-21-17-11-9-12-18-21/h9-14,17-20H,5-8,15-16H2,1-4H3. The molecule has 0 spiro atoms. The van der Waals surface area contributed by atoms with Crippen molar-refractivity contribution in [2.45, 2.75) is 66.2 Å². The number of para-hydroxylation sites is 2. The van der Waals surface area contributed by atoms with Crippen LogP contribution in [0.5, 0.6) is 0 Å². The third-order valence-electron chi connectivity index (χ3n) is 5.52. The molecule has 0 bridgehead atoms. The molecular weight excluding hydrogens is 352 g/mol. The first kappa shape index (κ1) is 21.1. The molecule has 0 saturated carbocycles. The number of pyridine rings is 1. The SMILES string of the molecule is CCCc1c(CC)c(CC)n(-c2ccccc2)c(=Nc2ccccc2)c1CCC. The predicted octanol–water partition coefficient (Wildman–Crippen LogP) is 6.74. The summed E-state index contributed by atoms with van der Waals surface area (Å²) in [6.07, 6.45) is 6.53. The Morgan fingerprint density at radius 3 is 1.79 bits per heavy atom. The topological polar surface area (TPSA) is 17.3 Å². The molecule has 0 fully saturated rings. The molecule has 3 aromatic rings. The molecular formula is C27H34N2. The van der Waals surface area contributed by atoms with E-state index < -0.39 is 0 Å². The summed E-state index contributed by atoms with van der Waals surface area (Å²) in [5.41, 5.74) is 9.22. The maximum Gasteiger partial charge on any atom is 0.141 e. The quantitative estimate of drug-likeness (QED) is 0.408. The molecule has 152 valence electrons. The van der Waals surface area contributed by atoms with Gasteiger partial charge in [0.05, 0.1) is 5.69 Å². The lowest BCUT2D eigenvalue weighted by molar-refractivity contribution is 0.750. The zero-order valence-corrected chi connectivity index (χ0v) is 18.4. The Balaban J connectivity index is 2.50.